The number of hydrogen-bond donors (Lipinski definition) is 0. The SMILES string of the molecule is CC(=O)N1C(=O)[C@H](C)[C@H]2[C@H]1CCN2C(=O)C1CCCN1S(=O)(=O)c1cccc2c(N(C)C)cccc12. The van der Waals surface area contributed by atoms with Crippen LogP contribution in [-0.4, -0.2) is 85.6 Å². The predicted octanol–water partition coefficient (Wildman–Crippen LogP) is 2.05. The van der Waals surface area contributed by atoms with Crippen LogP contribution >= 0.6 is 0 Å². The van der Waals surface area contributed by atoms with Crippen molar-refractivity contribution in [2.45, 2.75) is 56.1 Å². The summed E-state index contributed by atoms with van der Waals surface area (Å²) >= 11 is 0. The fraction of sp³-hybridized carbons (Fsp3) is 0.500. The quantitative estimate of drug-likeness (QED) is 0.622. The van der Waals surface area contributed by atoms with E-state index in [4.69, 9.17) is 0 Å². The molecule has 3 aliphatic heterocycles. The molecule has 0 radical (unpaired) electrons. The van der Waals surface area contributed by atoms with Crippen molar-refractivity contribution in [3.8, 4) is 0 Å². The Morgan fingerprint density at radius 2 is 1.69 bits per heavy atom. The lowest BCUT2D eigenvalue weighted by molar-refractivity contribution is -0.143. The number of carbonyl (C=O) groups excluding carboxylic acids is 3. The molecule has 2 aromatic carbocycles. The Morgan fingerprint density at radius 1 is 1.00 bits per heavy atom. The summed E-state index contributed by atoms with van der Waals surface area (Å²) in [5, 5.41) is 1.45. The molecule has 1 unspecified atom stereocenters. The normalized spacial score (nSPS) is 26.6. The molecule has 0 saturated carbocycles. The molecule has 2 aromatic rings. The number of likely N-dealkylation sites (tertiary alicyclic amines) is 2. The number of carbonyl (C=O) groups is 3. The molecular formula is C26H32N4O5S. The van der Waals surface area contributed by atoms with E-state index in [9.17, 15) is 22.8 Å². The van der Waals surface area contributed by atoms with Gasteiger partial charge in [-0.05, 0) is 31.4 Å². The first-order chi connectivity index (χ1) is 17.1. The third-order valence-corrected chi connectivity index (χ3v) is 9.90. The van der Waals surface area contributed by atoms with Crippen molar-refractivity contribution in [2.24, 2.45) is 5.92 Å². The van der Waals surface area contributed by atoms with Crippen LogP contribution < -0.4 is 4.90 Å². The highest BCUT2D eigenvalue weighted by Crippen LogP contribution is 2.39. The molecule has 0 spiro atoms. The maximum atomic E-state index is 14.0. The molecule has 5 rings (SSSR count). The van der Waals surface area contributed by atoms with Crippen molar-refractivity contribution in [3.05, 3.63) is 36.4 Å². The first kappa shape index (κ1) is 24.7. The summed E-state index contributed by atoms with van der Waals surface area (Å²) in [4.78, 5) is 43.7. The fourth-order valence-electron chi connectivity index (χ4n) is 6.33. The molecule has 9 nitrogen and oxygen atoms in total. The minimum absolute atomic E-state index is 0.190. The lowest BCUT2D eigenvalue weighted by Gasteiger charge is -2.32. The van der Waals surface area contributed by atoms with Crippen LogP contribution in [0.15, 0.2) is 41.3 Å². The van der Waals surface area contributed by atoms with E-state index in [1.54, 1.807) is 30.0 Å². The second-order valence-electron chi connectivity index (χ2n) is 10.2. The van der Waals surface area contributed by atoms with Gasteiger partial charge < -0.3 is 9.80 Å². The Kier molecular flexibility index (Phi) is 6.07. The molecule has 0 aliphatic carbocycles. The second-order valence-corrected chi connectivity index (χ2v) is 12.0. The van der Waals surface area contributed by atoms with Gasteiger partial charge in [-0.25, -0.2) is 8.42 Å². The van der Waals surface area contributed by atoms with Crippen LogP contribution in [0.25, 0.3) is 10.8 Å². The molecule has 3 saturated heterocycles. The van der Waals surface area contributed by atoms with Gasteiger partial charge in [0.15, 0.2) is 0 Å². The molecule has 3 heterocycles. The van der Waals surface area contributed by atoms with E-state index in [1.165, 1.54) is 16.1 Å². The van der Waals surface area contributed by atoms with E-state index in [0.717, 1.165) is 11.1 Å². The van der Waals surface area contributed by atoms with Crippen molar-refractivity contribution >= 4 is 44.2 Å². The van der Waals surface area contributed by atoms with Crippen LogP contribution in [0.2, 0.25) is 0 Å². The Labute approximate surface area is 211 Å². The molecule has 3 amide bonds. The highest BCUT2D eigenvalue weighted by atomic mass is 32.2. The van der Waals surface area contributed by atoms with Crippen molar-refractivity contribution in [2.75, 3.05) is 32.1 Å². The monoisotopic (exact) mass is 512 g/mol. The number of amides is 3. The molecule has 0 bridgehead atoms. The lowest BCUT2D eigenvalue weighted by atomic mass is 10.0. The summed E-state index contributed by atoms with van der Waals surface area (Å²) in [6.07, 6.45) is 1.53. The van der Waals surface area contributed by atoms with Gasteiger partial charge in [-0.2, -0.15) is 4.31 Å². The maximum Gasteiger partial charge on any atom is 0.244 e. The first-order valence-corrected chi connectivity index (χ1v) is 13.8. The largest absolute Gasteiger partial charge is 0.377 e. The summed E-state index contributed by atoms with van der Waals surface area (Å²) in [6.45, 7) is 3.78. The van der Waals surface area contributed by atoms with Gasteiger partial charge in [0.2, 0.25) is 27.7 Å². The second kappa shape index (κ2) is 8.85. The third kappa shape index (κ3) is 3.61. The minimum Gasteiger partial charge on any atom is -0.377 e. The Bertz CT molecular complexity index is 1360. The van der Waals surface area contributed by atoms with Gasteiger partial charge in [-0.1, -0.05) is 31.2 Å². The van der Waals surface area contributed by atoms with Crippen LogP contribution in [0.1, 0.15) is 33.1 Å². The number of fused-ring (bicyclic) bond motifs is 2. The Balaban J connectivity index is 1.48. The van der Waals surface area contributed by atoms with Crippen molar-refractivity contribution in [1.82, 2.24) is 14.1 Å². The summed E-state index contributed by atoms with van der Waals surface area (Å²) in [5.74, 6) is -1.35. The molecule has 3 aliphatic rings. The van der Waals surface area contributed by atoms with Gasteiger partial charge in [0.1, 0.15) is 6.04 Å². The first-order valence-electron chi connectivity index (χ1n) is 12.4. The highest BCUT2D eigenvalue weighted by molar-refractivity contribution is 7.89. The molecule has 3 fully saturated rings. The van der Waals surface area contributed by atoms with Gasteiger partial charge >= 0.3 is 0 Å². The third-order valence-electron chi connectivity index (χ3n) is 7.93. The average Bonchev–Trinajstić information content (AvgIpc) is 3.55. The standard InChI is InChI=1S/C26H32N4O5S/c1-16-24-21(30(17(2)31)25(16)32)13-15-28(24)26(33)22-11-7-14-29(22)36(34,35)23-12-6-8-18-19(23)9-5-10-20(18)27(3)4/h5-6,8-10,12,16,21-22,24H,7,11,13-15H2,1-4H3/t16-,21-,22?,24+/m1/s1. The summed E-state index contributed by atoms with van der Waals surface area (Å²) in [5.41, 5.74) is 0.914. The van der Waals surface area contributed by atoms with Crippen LogP contribution in [0.5, 0.6) is 0 Å². The van der Waals surface area contributed by atoms with Crippen LogP contribution in [0.3, 0.4) is 0 Å². The number of sulfonamides is 1. The molecule has 10 heteroatoms. The van der Waals surface area contributed by atoms with Crippen molar-refractivity contribution in [3.63, 3.8) is 0 Å². The zero-order valence-electron chi connectivity index (χ0n) is 21.0. The van der Waals surface area contributed by atoms with E-state index in [1.807, 2.05) is 37.2 Å². The topological polar surface area (TPSA) is 98.3 Å². The van der Waals surface area contributed by atoms with Gasteiger partial charge in [-0.3, -0.25) is 19.3 Å². The molecule has 0 N–H and O–H groups in total. The number of rotatable bonds is 4. The maximum absolute atomic E-state index is 14.0. The van der Waals surface area contributed by atoms with E-state index >= 15 is 0 Å². The van der Waals surface area contributed by atoms with Crippen LogP contribution in [0, 0.1) is 5.92 Å². The van der Waals surface area contributed by atoms with Gasteiger partial charge in [0.05, 0.1) is 22.9 Å². The molecule has 36 heavy (non-hydrogen) atoms. The highest BCUT2D eigenvalue weighted by Gasteiger charge is 2.56. The van der Waals surface area contributed by atoms with Crippen LogP contribution in [0.4, 0.5) is 5.69 Å². The van der Waals surface area contributed by atoms with E-state index in [2.05, 4.69) is 0 Å². The molecule has 0 aromatic heterocycles. The van der Waals surface area contributed by atoms with E-state index in [0.29, 0.717) is 31.2 Å². The molecular weight excluding hydrogens is 480 g/mol. The van der Waals surface area contributed by atoms with Crippen molar-refractivity contribution < 1.29 is 22.8 Å². The summed E-state index contributed by atoms with van der Waals surface area (Å²) < 4.78 is 29.3. The zero-order valence-corrected chi connectivity index (χ0v) is 21.9. The lowest BCUT2D eigenvalue weighted by Crippen LogP contribution is -2.51. The average molecular weight is 513 g/mol. The summed E-state index contributed by atoms with van der Waals surface area (Å²) in [7, 11) is -0.140. The van der Waals surface area contributed by atoms with E-state index in [-0.39, 0.29) is 35.2 Å². The van der Waals surface area contributed by atoms with Crippen LogP contribution in [-0.2, 0) is 24.4 Å². The number of benzene rings is 2. The summed E-state index contributed by atoms with van der Waals surface area (Å²) in [6, 6.07) is 9.24. The number of hydrogen-bond acceptors (Lipinski definition) is 6. The van der Waals surface area contributed by atoms with Gasteiger partial charge in [-0.15, -0.1) is 0 Å². The van der Waals surface area contributed by atoms with Crippen molar-refractivity contribution in [1.29, 1.82) is 0 Å². The van der Waals surface area contributed by atoms with Gasteiger partial charge in [0, 0.05) is 50.6 Å². The number of anilines is 1. The number of nitrogens with zero attached hydrogens (tertiary/aromatic N) is 4. The Morgan fingerprint density at radius 3 is 2.39 bits per heavy atom. The fourth-order valence-corrected chi connectivity index (χ4v) is 8.19. The van der Waals surface area contributed by atoms with Gasteiger partial charge in [0.25, 0.3) is 0 Å². The predicted molar refractivity (Wildman–Crippen MR) is 136 cm³/mol. The number of imide groups is 1. The molecule has 192 valence electrons. The smallest absolute Gasteiger partial charge is 0.244 e. The molecule has 4 atom stereocenters. The minimum atomic E-state index is -3.97. The Hall–Kier alpha value is -2.98. The van der Waals surface area contributed by atoms with E-state index < -0.39 is 28.0 Å². The zero-order chi connectivity index (χ0) is 25.9.